The molecule has 3 heterocycles. The SMILES string of the molecule is CC1=C(c2nnc(N)o2)C(C(C)/C=C\C(F)=C/CCl)N=C(c2nccs2)N1. The van der Waals surface area contributed by atoms with Crippen molar-refractivity contribution < 1.29 is 8.81 Å². The minimum Gasteiger partial charge on any atom is -0.404 e. The predicted molar refractivity (Wildman–Crippen MR) is 105 cm³/mol. The molecule has 3 N–H and O–H groups in total. The molecule has 2 unspecified atom stereocenters. The van der Waals surface area contributed by atoms with Gasteiger partial charge in [-0.25, -0.2) is 9.37 Å². The first-order valence-corrected chi connectivity index (χ1v) is 9.55. The van der Waals surface area contributed by atoms with Gasteiger partial charge in [-0.2, -0.15) is 0 Å². The van der Waals surface area contributed by atoms with E-state index in [0.29, 0.717) is 11.4 Å². The number of thiazole rings is 1. The number of nitrogens with two attached hydrogens (primary N) is 1. The van der Waals surface area contributed by atoms with Crippen LogP contribution in [0, 0.1) is 5.92 Å². The molecule has 0 aromatic carbocycles. The van der Waals surface area contributed by atoms with Gasteiger partial charge in [0.25, 0.3) is 0 Å². The van der Waals surface area contributed by atoms with Crippen molar-refractivity contribution in [2.45, 2.75) is 19.9 Å². The van der Waals surface area contributed by atoms with Gasteiger partial charge in [-0.15, -0.1) is 28.0 Å². The lowest BCUT2D eigenvalue weighted by Gasteiger charge is -2.27. The van der Waals surface area contributed by atoms with Crippen LogP contribution in [0.4, 0.5) is 10.4 Å². The molecule has 2 aromatic rings. The molecule has 1 aliphatic rings. The maximum Gasteiger partial charge on any atom is 0.313 e. The minimum atomic E-state index is -0.404. The fourth-order valence-electron chi connectivity index (χ4n) is 2.65. The number of nitrogens with one attached hydrogen (secondary N) is 1. The summed E-state index contributed by atoms with van der Waals surface area (Å²) in [5.74, 6) is 0.450. The van der Waals surface area contributed by atoms with Crippen molar-refractivity contribution in [3.63, 3.8) is 0 Å². The summed E-state index contributed by atoms with van der Waals surface area (Å²) in [4.78, 5) is 9.07. The third kappa shape index (κ3) is 4.42. The Bertz CT molecular complexity index is 918. The lowest BCUT2D eigenvalue weighted by molar-refractivity contribution is 0.535. The van der Waals surface area contributed by atoms with E-state index in [0.717, 1.165) is 10.7 Å². The third-order valence-electron chi connectivity index (χ3n) is 3.91. The number of nitrogens with zero attached hydrogens (tertiary/aromatic N) is 4. The van der Waals surface area contributed by atoms with Gasteiger partial charge >= 0.3 is 6.01 Å². The van der Waals surface area contributed by atoms with Crippen molar-refractivity contribution in [2.75, 3.05) is 11.6 Å². The first kappa shape index (κ1) is 19.2. The van der Waals surface area contributed by atoms with Crippen LogP contribution in [0.5, 0.6) is 0 Å². The zero-order valence-electron chi connectivity index (χ0n) is 14.7. The Kier molecular flexibility index (Phi) is 6.02. The second-order valence-corrected chi connectivity index (χ2v) is 7.03. The summed E-state index contributed by atoms with van der Waals surface area (Å²) in [7, 11) is 0. The van der Waals surface area contributed by atoms with Gasteiger partial charge in [0.1, 0.15) is 5.83 Å². The molecular weight excluding hydrogens is 391 g/mol. The molecule has 142 valence electrons. The van der Waals surface area contributed by atoms with E-state index < -0.39 is 5.83 Å². The number of amidine groups is 1. The van der Waals surface area contributed by atoms with Crippen LogP contribution in [0.15, 0.2) is 50.7 Å². The third-order valence-corrected chi connectivity index (χ3v) is 4.84. The van der Waals surface area contributed by atoms with E-state index in [1.165, 1.54) is 23.5 Å². The quantitative estimate of drug-likeness (QED) is 0.559. The molecule has 0 radical (unpaired) electrons. The molecule has 2 atom stereocenters. The maximum atomic E-state index is 13.7. The lowest BCUT2D eigenvalue weighted by Crippen LogP contribution is -2.34. The highest BCUT2D eigenvalue weighted by Gasteiger charge is 2.31. The number of alkyl halides is 1. The van der Waals surface area contributed by atoms with Gasteiger partial charge in [-0.1, -0.05) is 18.1 Å². The smallest absolute Gasteiger partial charge is 0.313 e. The van der Waals surface area contributed by atoms with Crippen LogP contribution in [-0.4, -0.2) is 32.9 Å². The highest BCUT2D eigenvalue weighted by molar-refractivity contribution is 7.11. The fraction of sp³-hybridized carbons (Fsp3) is 0.294. The summed E-state index contributed by atoms with van der Waals surface area (Å²) in [6, 6.07) is -0.414. The molecule has 0 saturated heterocycles. The Balaban J connectivity index is 1.99. The topological polar surface area (TPSA) is 102 Å². The molecule has 2 aromatic heterocycles. The number of aliphatic imine (C=N–C) groups is 1. The Labute approximate surface area is 164 Å². The number of nitrogen functional groups attached to an aromatic ring is 1. The molecule has 0 amide bonds. The maximum absolute atomic E-state index is 13.7. The van der Waals surface area contributed by atoms with Crippen molar-refractivity contribution in [1.82, 2.24) is 20.5 Å². The monoisotopic (exact) mass is 408 g/mol. The van der Waals surface area contributed by atoms with Crippen molar-refractivity contribution in [1.29, 1.82) is 0 Å². The van der Waals surface area contributed by atoms with E-state index in [9.17, 15) is 4.39 Å². The number of anilines is 1. The van der Waals surface area contributed by atoms with Gasteiger partial charge < -0.3 is 15.5 Å². The minimum absolute atomic E-state index is 0.0296. The van der Waals surface area contributed by atoms with E-state index in [-0.39, 0.29) is 29.7 Å². The zero-order valence-corrected chi connectivity index (χ0v) is 16.3. The predicted octanol–water partition coefficient (Wildman–Crippen LogP) is 3.54. The van der Waals surface area contributed by atoms with E-state index in [4.69, 9.17) is 26.7 Å². The van der Waals surface area contributed by atoms with Crippen molar-refractivity contribution in [2.24, 2.45) is 10.9 Å². The summed E-state index contributed by atoms with van der Waals surface area (Å²) in [6.07, 6.45) is 6.10. The lowest BCUT2D eigenvalue weighted by atomic mass is 9.91. The second-order valence-electron chi connectivity index (χ2n) is 5.83. The first-order valence-electron chi connectivity index (χ1n) is 8.14. The fourth-order valence-corrected chi connectivity index (χ4v) is 3.39. The van der Waals surface area contributed by atoms with Crippen LogP contribution in [0.25, 0.3) is 5.57 Å². The van der Waals surface area contributed by atoms with E-state index in [1.807, 2.05) is 19.2 Å². The number of halogens is 2. The summed E-state index contributed by atoms with van der Waals surface area (Å²) in [5, 5.41) is 13.6. The van der Waals surface area contributed by atoms with Crippen molar-refractivity contribution in [3.8, 4) is 0 Å². The molecule has 3 rings (SSSR count). The number of allylic oxidation sites excluding steroid dienone is 4. The number of rotatable bonds is 6. The van der Waals surface area contributed by atoms with Crippen molar-refractivity contribution >= 4 is 40.4 Å². The molecular formula is C17H18ClFN6OS. The normalized spacial score (nSPS) is 19.3. The molecule has 0 aliphatic carbocycles. The Morgan fingerprint density at radius 2 is 2.33 bits per heavy atom. The molecule has 0 bridgehead atoms. The van der Waals surface area contributed by atoms with Crippen LogP contribution >= 0.6 is 22.9 Å². The second kappa shape index (κ2) is 8.45. The number of aromatic nitrogens is 3. The van der Waals surface area contributed by atoms with Gasteiger partial charge in [0, 0.05) is 29.1 Å². The summed E-state index contributed by atoms with van der Waals surface area (Å²) in [6.45, 7) is 3.81. The van der Waals surface area contributed by atoms with Crippen LogP contribution < -0.4 is 11.1 Å². The van der Waals surface area contributed by atoms with Crippen LogP contribution in [0.3, 0.4) is 0 Å². The standard InChI is InChI=1S/C17H18ClFN6OS/c1-9(3-4-11(19)5-6-18)13-12(15-24-25-17(20)26-15)10(2)22-14(23-13)16-21-7-8-27-16/h3-5,7-9,13H,6H2,1-2H3,(H2,20,25)(H,22,23)/b4-3-,11-5+. The van der Waals surface area contributed by atoms with Gasteiger partial charge in [0.2, 0.25) is 5.89 Å². The summed E-state index contributed by atoms with van der Waals surface area (Å²) >= 11 is 7.00. The molecule has 10 heteroatoms. The van der Waals surface area contributed by atoms with Gasteiger partial charge in [-0.05, 0) is 19.1 Å². The molecule has 0 spiro atoms. The van der Waals surface area contributed by atoms with Crippen LogP contribution in [0.2, 0.25) is 0 Å². The number of hydrogen-bond acceptors (Lipinski definition) is 8. The zero-order chi connectivity index (χ0) is 19.4. The largest absolute Gasteiger partial charge is 0.404 e. The highest BCUT2D eigenvalue weighted by atomic mass is 35.5. The van der Waals surface area contributed by atoms with E-state index in [2.05, 4.69) is 20.5 Å². The highest BCUT2D eigenvalue weighted by Crippen LogP contribution is 2.32. The molecule has 1 aliphatic heterocycles. The molecule has 27 heavy (non-hydrogen) atoms. The number of hydrogen-bond donors (Lipinski definition) is 2. The summed E-state index contributed by atoms with van der Waals surface area (Å²) < 4.78 is 19.1. The van der Waals surface area contributed by atoms with Gasteiger partial charge in [-0.3, -0.25) is 4.99 Å². The Hall–Kier alpha value is -2.52. The van der Waals surface area contributed by atoms with Crippen molar-refractivity contribution in [3.05, 3.63) is 52.2 Å². The van der Waals surface area contributed by atoms with Crippen LogP contribution in [-0.2, 0) is 0 Å². The molecule has 7 nitrogen and oxygen atoms in total. The van der Waals surface area contributed by atoms with Gasteiger partial charge in [0.05, 0.1) is 11.6 Å². The first-order chi connectivity index (χ1) is 13.0. The Morgan fingerprint density at radius 3 is 2.96 bits per heavy atom. The van der Waals surface area contributed by atoms with Gasteiger partial charge in [0.15, 0.2) is 10.8 Å². The molecule has 0 saturated carbocycles. The molecule has 0 fully saturated rings. The average Bonchev–Trinajstić information content (AvgIpc) is 3.31. The Morgan fingerprint density at radius 1 is 1.52 bits per heavy atom. The van der Waals surface area contributed by atoms with E-state index >= 15 is 0 Å². The van der Waals surface area contributed by atoms with E-state index in [1.54, 1.807) is 12.3 Å². The summed E-state index contributed by atoms with van der Waals surface area (Å²) in [5.41, 5.74) is 7.08. The van der Waals surface area contributed by atoms with Crippen LogP contribution in [0.1, 0.15) is 24.7 Å². The average molecular weight is 409 g/mol.